The molecule has 1 unspecified atom stereocenters. The topological polar surface area (TPSA) is 64.9 Å². The number of hydrogen-bond acceptors (Lipinski definition) is 4. The minimum absolute atomic E-state index is 0.361. The standard InChI is InChI=1S/C12H13BrFN3O/c1-2-3-10-16-12(17-18-10)11(15)7-4-5-8(13)9(14)6-7/h4-6,11H,2-3,15H2,1H3. The third kappa shape index (κ3) is 2.76. The lowest BCUT2D eigenvalue weighted by atomic mass is 10.1. The van der Waals surface area contributed by atoms with Crippen LogP contribution in [0, 0.1) is 5.82 Å². The molecule has 18 heavy (non-hydrogen) atoms. The zero-order chi connectivity index (χ0) is 13.1. The van der Waals surface area contributed by atoms with Crippen molar-refractivity contribution in [3.63, 3.8) is 0 Å². The summed E-state index contributed by atoms with van der Waals surface area (Å²) in [5.41, 5.74) is 6.59. The van der Waals surface area contributed by atoms with E-state index in [0.717, 1.165) is 6.42 Å². The third-order valence-corrected chi connectivity index (χ3v) is 3.17. The molecule has 0 bridgehead atoms. The molecular weight excluding hydrogens is 301 g/mol. The first-order valence-corrected chi connectivity index (χ1v) is 6.44. The van der Waals surface area contributed by atoms with E-state index in [0.29, 0.717) is 28.2 Å². The number of aromatic nitrogens is 2. The van der Waals surface area contributed by atoms with Gasteiger partial charge in [0.15, 0.2) is 5.82 Å². The smallest absolute Gasteiger partial charge is 0.226 e. The van der Waals surface area contributed by atoms with Crippen LogP contribution < -0.4 is 5.73 Å². The molecule has 6 heteroatoms. The number of nitrogens with two attached hydrogens (primary N) is 1. The molecule has 0 saturated heterocycles. The second kappa shape index (κ2) is 5.58. The molecule has 2 rings (SSSR count). The molecule has 2 aromatic rings. The van der Waals surface area contributed by atoms with Gasteiger partial charge in [-0.25, -0.2) is 4.39 Å². The van der Waals surface area contributed by atoms with Crippen molar-refractivity contribution < 1.29 is 8.91 Å². The van der Waals surface area contributed by atoms with E-state index in [1.54, 1.807) is 12.1 Å². The Morgan fingerprint density at radius 2 is 2.28 bits per heavy atom. The molecule has 0 aliphatic rings. The average Bonchev–Trinajstić information content (AvgIpc) is 2.81. The molecule has 0 aliphatic heterocycles. The van der Waals surface area contributed by atoms with Crippen molar-refractivity contribution in [2.24, 2.45) is 5.73 Å². The van der Waals surface area contributed by atoms with Crippen LogP contribution in [0.25, 0.3) is 0 Å². The van der Waals surface area contributed by atoms with E-state index in [4.69, 9.17) is 10.3 Å². The summed E-state index contributed by atoms with van der Waals surface area (Å²) in [6.07, 6.45) is 1.64. The lowest BCUT2D eigenvalue weighted by Gasteiger charge is -2.07. The van der Waals surface area contributed by atoms with Crippen LogP contribution in [0.2, 0.25) is 0 Å². The molecule has 0 radical (unpaired) electrons. The molecule has 4 nitrogen and oxygen atoms in total. The SMILES string of the molecule is CCCc1nc(C(N)c2ccc(Br)c(F)c2)no1. The van der Waals surface area contributed by atoms with E-state index in [2.05, 4.69) is 26.1 Å². The first-order valence-electron chi connectivity index (χ1n) is 5.64. The van der Waals surface area contributed by atoms with Crippen LogP contribution >= 0.6 is 15.9 Å². The molecule has 0 aliphatic carbocycles. The van der Waals surface area contributed by atoms with Crippen LogP contribution in [-0.2, 0) is 6.42 Å². The Morgan fingerprint density at radius 1 is 1.50 bits per heavy atom. The molecule has 0 amide bonds. The monoisotopic (exact) mass is 313 g/mol. The van der Waals surface area contributed by atoms with Gasteiger partial charge in [-0.05, 0) is 40.0 Å². The van der Waals surface area contributed by atoms with E-state index in [1.165, 1.54) is 6.07 Å². The molecule has 1 atom stereocenters. The van der Waals surface area contributed by atoms with Crippen molar-refractivity contribution in [2.75, 3.05) is 0 Å². The minimum atomic E-state index is -0.582. The van der Waals surface area contributed by atoms with Crippen molar-refractivity contribution in [1.29, 1.82) is 0 Å². The highest BCUT2D eigenvalue weighted by molar-refractivity contribution is 9.10. The molecule has 0 spiro atoms. The van der Waals surface area contributed by atoms with Crippen LogP contribution in [0.4, 0.5) is 4.39 Å². The molecule has 0 fully saturated rings. The van der Waals surface area contributed by atoms with Crippen molar-refractivity contribution >= 4 is 15.9 Å². The molecular formula is C12H13BrFN3O. The Hall–Kier alpha value is -1.27. The summed E-state index contributed by atoms with van der Waals surface area (Å²) < 4.78 is 18.9. The number of benzene rings is 1. The molecule has 2 N–H and O–H groups in total. The molecule has 96 valence electrons. The number of aryl methyl sites for hydroxylation is 1. The van der Waals surface area contributed by atoms with Gasteiger partial charge in [-0.1, -0.05) is 18.1 Å². The van der Waals surface area contributed by atoms with Gasteiger partial charge in [-0.3, -0.25) is 0 Å². The fraction of sp³-hybridized carbons (Fsp3) is 0.333. The predicted molar refractivity (Wildman–Crippen MR) is 68.4 cm³/mol. The Bertz CT molecular complexity index is 544. The van der Waals surface area contributed by atoms with E-state index in [1.807, 2.05) is 6.92 Å². The summed E-state index contributed by atoms with van der Waals surface area (Å²) in [7, 11) is 0. The number of hydrogen-bond donors (Lipinski definition) is 1. The van der Waals surface area contributed by atoms with Gasteiger partial charge in [-0.2, -0.15) is 4.98 Å². The molecule has 1 aromatic carbocycles. The van der Waals surface area contributed by atoms with Gasteiger partial charge in [0.2, 0.25) is 5.89 Å². The van der Waals surface area contributed by atoms with Crippen LogP contribution in [-0.4, -0.2) is 10.1 Å². The van der Waals surface area contributed by atoms with Crippen LogP contribution in [0.1, 0.15) is 36.7 Å². The minimum Gasteiger partial charge on any atom is -0.339 e. The fourth-order valence-corrected chi connectivity index (χ4v) is 1.81. The lowest BCUT2D eigenvalue weighted by molar-refractivity contribution is 0.370. The first kappa shape index (κ1) is 13.2. The molecule has 1 aromatic heterocycles. The van der Waals surface area contributed by atoms with Crippen molar-refractivity contribution in [3.8, 4) is 0 Å². The number of rotatable bonds is 4. The Kier molecular flexibility index (Phi) is 4.08. The fourth-order valence-electron chi connectivity index (χ4n) is 1.56. The highest BCUT2D eigenvalue weighted by Gasteiger charge is 2.17. The predicted octanol–water partition coefficient (Wildman–Crippen LogP) is 2.97. The zero-order valence-electron chi connectivity index (χ0n) is 9.86. The van der Waals surface area contributed by atoms with E-state index < -0.39 is 6.04 Å². The van der Waals surface area contributed by atoms with Gasteiger partial charge in [0.25, 0.3) is 0 Å². The maximum absolute atomic E-state index is 13.4. The molecule has 1 heterocycles. The summed E-state index contributed by atoms with van der Waals surface area (Å²) in [5, 5.41) is 3.82. The number of nitrogens with zero attached hydrogens (tertiary/aromatic N) is 2. The normalized spacial score (nSPS) is 12.7. The summed E-state index contributed by atoms with van der Waals surface area (Å²) >= 11 is 3.09. The van der Waals surface area contributed by atoms with Gasteiger partial charge in [-0.15, -0.1) is 0 Å². The van der Waals surface area contributed by atoms with E-state index >= 15 is 0 Å². The van der Waals surface area contributed by atoms with E-state index in [-0.39, 0.29) is 5.82 Å². The highest BCUT2D eigenvalue weighted by Crippen LogP contribution is 2.22. The highest BCUT2D eigenvalue weighted by atomic mass is 79.9. The summed E-state index contributed by atoms with van der Waals surface area (Å²) in [6.45, 7) is 2.02. The first-order chi connectivity index (χ1) is 8.61. The summed E-state index contributed by atoms with van der Waals surface area (Å²) in [5.74, 6) is 0.570. The third-order valence-electron chi connectivity index (χ3n) is 2.53. The largest absolute Gasteiger partial charge is 0.339 e. The second-order valence-electron chi connectivity index (χ2n) is 3.95. The van der Waals surface area contributed by atoms with Crippen molar-refractivity contribution in [2.45, 2.75) is 25.8 Å². The van der Waals surface area contributed by atoms with Gasteiger partial charge in [0.05, 0.1) is 10.5 Å². The van der Waals surface area contributed by atoms with Gasteiger partial charge in [0.1, 0.15) is 5.82 Å². The Labute approximate surface area is 113 Å². The maximum atomic E-state index is 13.4. The van der Waals surface area contributed by atoms with Gasteiger partial charge in [0, 0.05) is 6.42 Å². The Morgan fingerprint density at radius 3 is 2.94 bits per heavy atom. The van der Waals surface area contributed by atoms with Crippen LogP contribution in [0.3, 0.4) is 0 Å². The van der Waals surface area contributed by atoms with E-state index in [9.17, 15) is 4.39 Å². The zero-order valence-corrected chi connectivity index (χ0v) is 11.4. The quantitative estimate of drug-likeness (QED) is 0.942. The molecule has 0 saturated carbocycles. The van der Waals surface area contributed by atoms with Gasteiger partial charge >= 0.3 is 0 Å². The summed E-state index contributed by atoms with van der Waals surface area (Å²) in [4.78, 5) is 4.19. The lowest BCUT2D eigenvalue weighted by Crippen LogP contribution is -2.14. The Balaban J connectivity index is 2.23. The summed E-state index contributed by atoms with van der Waals surface area (Å²) in [6, 6.07) is 4.12. The van der Waals surface area contributed by atoms with Crippen molar-refractivity contribution in [1.82, 2.24) is 10.1 Å². The van der Waals surface area contributed by atoms with Gasteiger partial charge < -0.3 is 10.3 Å². The van der Waals surface area contributed by atoms with Crippen LogP contribution in [0.5, 0.6) is 0 Å². The van der Waals surface area contributed by atoms with Crippen molar-refractivity contribution in [3.05, 3.63) is 45.8 Å². The number of halogens is 2. The second-order valence-corrected chi connectivity index (χ2v) is 4.80. The average molecular weight is 314 g/mol. The van der Waals surface area contributed by atoms with Crippen LogP contribution in [0.15, 0.2) is 27.2 Å². The maximum Gasteiger partial charge on any atom is 0.226 e.